The summed E-state index contributed by atoms with van der Waals surface area (Å²) in [5, 5.41) is 14.5. The van der Waals surface area contributed by atoms with E-state index in [1.165, 1.54) is 11.3 Å². The van der Waals surface area contributed by atoms with Crippen molar-refractivity contribution in [3.8, 4) is 10.4 Å². The second kappa shape index (κ2) is 9.67. The van der Waals surface area contributed by atoms with Gasteiger partial charge in [-0.15, -0.1) is 11.3 Å². The number of hydrogen-bond acceptors (Lipinski definition) is 8. The highest BCUT2D eigenvalue weighted by Crippen LogP contribution is 2.43. The molecule has 0 unspecified atom stereocenters. The van der Waals surface area contributed by atoms with Gasteiger partial charge in [0.15, 0.2) is 0 Å². The van der Waals surface area contributed by atoms with Gasteiger partial charge in [0.1, 0.15) is 16.3 Å². The van der Waals surface area contributed by atoms with Crippen molar-refractivity contribution in [2.75, 3.05) is 11.9 Å². The van der Waals surface area contributed by atoms with E-state index in [4.69, 9.17) is 4.74 Å². The number of rotatable bonds is 6. The second-order valence-corrected chi connectivity index (χ2v) is 9.09. The molecular weight excluding hydrogens is 469 g/mol. The zero-order valence-electron chi connectivity index (χ0n) is 18.3. The maximum atomic E-state index is 12.9. The number of halogens is 3. The van der Waals surface area contributed by atoms with Gasteiger partial charge < -0.3 is 15.2 Å². The first-order chi connectivity index (χ1) is 16.2. The van der Waals surface area contributed by atoms with Gasteiger partial charge in [-0.3, -0.25) is 4.79 Å². The Bertz CT molecular complexity index is 1160. The van der Waals surface area contributed by atoms with E-state index in [2.05, 4.69) is 20.3 Å². The van der Waals surface area contributed by atoms with Crippen molar-refractivity contribution < 1.29 is 27.8 Å². The Labute approximate surface area is 198 Å². The quantitative estimate of drug-likeness (QED) is 0.451. The van der Waals surface area contributed by atoms with E-state index in [1.54, 1.807) is 31.3 Å². The van der Waals surface area contributed by atoms with Crippen LogP contribution in [0.25, 0.3) is 10.4 Å². The molecule has 1 aromatic carbocycles. The summed E-state index contributed by atoms with van der Waals surface area (Å²) in [6.45, 7) is 2.11. The number of carbonyl (C=O) groups excluding carboxylic acids is 1. The fourth-order valence-electron chi connectivity index (χ4n) is 3.88. The summed E-state index contributed by atoms with van der Waals surface area (Å²) < 4.78 is 43.8. The smallest absolute Gasteiger partial charge is 0.433 e. The average Bonchev–Trinajstić information content (AvgIpc) is 3.31. The van der Waals surface area contributed by atoms with Crippen LogP contribution in [0.2, 0.25) is 0 Å². The topological polar surface area (TPSA) is 97.2 Å². The molecule has 2 aromatic heterocycles. The number of anilines is 2. The molecule has 0 atom stereocenters. The first-order valence-corrected chi connectivity index (χ1v) is 11.6. The Kier molecular flexibility index (Phi) is 6.85. The van der Waals surface area contributed by atoms with Crippen LogP contribution >= 0.6 is 11.3 Å². The largest absolute Gasteiger partial charge is 0.466 e. The summed E-state index contributed by atoms with van der Waals surface area (Å²) in [5.41, 5.74) is -0.836. The molecule has 0 bridgehead atoms. The lowest BCUT2D eigenvalue weighted by molar-refractivity contribution is -0.151. The number of benzene rings is 1. The Hall–Kier alpha value is -3.05. The molecule has 34 heavy (non-hydrogen) atoms. The SMILES string of the molecule is CCOC(=O)[C@H]1CC[C@](O)(c2ncc(-c3cccc(Nc4nccc(C(F)(F)F)n4)c3)s2)CC1. The normalized spacial score (nSPS) is 20.7. The van der Waals surface area contributed by atoms with E-state index >= 15 is 0 Å². The Morgan fingerprint density at radius 1 is 1.26 bits per heavy atom. The van der Waals surface area contributed by atoms with Crippen molar-refractivity contribution in [3.63, 3.8) is 0 Å². The van der Waals surface area contributed by atoms with Crippen molar-refractivity contribution in [1.82, 2.24) is 15.0 Å². The molecule has 3 aromatic rings. The van der Waals surface area contributed by atoms with Crippen LogP contribution in [0, 0.1) is 5.92 Å². The molecule has 2 heterocycles. The van der Waals surface area contributed by atoms with Gasteiger partial charge in [-0.25, -0.2) is 15.0 Å². The zero-order chi connectivity index (χ0) is 24.3. The summed E-state index contributed by atoms with van der Waals surface area (Å²) in [4.78, 5) is 24.6. The lowest BCUT2D eigenvalue weighted by atomic mass is 9.79. The molecule has 0 saturated heterocycles. The molecule has 0 amide bonds. The number of carbonyl (C=O) groups is 1. The monoisotopic (exact) mass is 492 g/mol. The van der Waals surface area contributed by atoms with E-state index < -0.39 is 17.5 Å². The fourth-order valence-corrected chi connectivity index (χ4v) is 4.94. The second-order valence-electron chi connectivity index (χ2n) is 8.06. The molecule has 1 saturated carbocycles. The van der Waals surface area contributed by atoms with Crippen LogP contribution in [-0.4, -0.2) is 32.6 Å². The minimum atomic E-state index is -4.56. The number of esters is 1. The Morgan fingerprint density at radius 2 is 2.03 bits per heavy atom. The molecule has 0 aliphatic heterocycles. The van der Waals surface area contributed by atoms with Crippen LogP contribution < -0.4 is 5.32 Å². The first kappa shape index (κ1) is 24.1. The van der Waals surface area contributed by atoms with E-state index in [1.807, 2.05) is 6.07 Å². The van der Waals surface area contributed by atoms with Crippen molar-refractivity contribution in [3.05, 3.63) is 53.4 Å². The van der Waals surface area contributed by atoms with Crippen LogP contribution in [0.4, 0.5) is 24.8 Å². The molecule has 0 radical (unpaired) electrons. The third-order valence-corrected chi connectivity index (χ3v) is 6.93. The van der Waals surface area contributed by atoms with Gasteiger partial charge in [-0.1, -0.05) is 12.1 Å². The van der Waals surface area contributed by atoms with Gasteiger partial charge in [-0.2, -0.15) is 13.2 Å². The van der Waals surface area contributed by atoms with E-state index in [9.17, 15) is 23.1 Å². The average molecular weight is 493 g/mol. The molecule has 0 spiro atoms. The molecule has 1 aliphatic rings. The number of aliphatic hydroxyl groups is 1. The number of hydrogen-bond donors (Lipinski definition) is 2. The van der Waals surface area contributed by atoms with Crippen molar-refractivity contribution >= 4 is 28.9 Å². The maximum absolute atomic E-state index is 12.9. The summed E-state index contributed by atoms with van der Waals surface area (Å²) >= 11 is 1.35. The molecule has 7 nitrogen and oxygen atoms in total. The molecule has 1 aliphatic carbocycles. The summed E-state index contributed by atoms with van der Waals surface area (Å²) in [6.07, 6.45) is 0.0389. The van der Waals surface area contributed by atoms with Crippen LogP contribution in [0.15, 0.2) is 42.7 Å². The molecule has 1 fully saturated rings. The highest BCUT2D eigenvalue weighted by atomic mass is 32.1. The van der Waals surface area contributed by atoms with Crippen LogP contribution in [0.3, 0.4) is 0 Å². The number of nitrogens with one attached hydrogen (secondary N) is 1. The number of aromatic nitrogens is 3. The zero-order valence-corrected chi connectivity index (χ0v) is 19.1. The lowest BCUT2D eigenvalue weighted by Crippen LogP contribution is -2.34. The van der Waals surface area contributed by atoms with Crippen molar-refractivity contribution in [1.29, 1.82) is 0 Å². The van der Waals surface area contributed by atoms with Gasteiger partial charge in [0, 0.05) is 18.1 Å². The van der Waals surface area contributed by atoms with Gasteiger partial charge in [-0.05, 0) is 56.4 Å². The molecule has 2 N–H and O–H groups in total. The van der Waals surface area contributed by atoms with E-state index in [0.717, 1.165) is 22.7 Å². The Morgan fingerprint density at radius 3 is 2.74 bits per heavy atom. The molecule has 11 heteroatoms. The molecule has 4 rings (SSSR count). The van der Waals surface area contributed by atoms with Crippen LogP contribution in [-0.2, 0) is 21.3 Å². The summed E-state index contributed by atoms with van der Waals surface area (Å²) in [5.74, 6) is -0.594. The predicted molar refractivity (Wildman–Crippen MR) is 120 cm³/mol. The number of ether oxygens (including phenoxy) is 1. The minimum Gasteiger partial charge on any atom is -0.466 e. The number of thiazole rings is 1. The van der Waals surface area contributed by atoms with Gasteiger partial charge >= 0.3 is 12.1 Å². The van der Waals surface area contributed by atoms with Crippen LogP contribution in [0.5, 0.6) is 0 Å². The highest BCUT2D eigenvalue weighted by molar-refractivity contribution is 7.15. The lowest BCUT2D eigenvalue weighted by Gasteiger charge is -2.33. The minimum absolute atomic E-state index is 0.162. The summed E-state index contributed by atoms with van der Waals surface area (Å²) in [7, 11) is 0. The van der Waals surface area contributed by atoms with Crippen LogP contribution in [0.1, 0.15) is 43.3 Å². The predicted octanol–water partition coefficient (Wildman–Crippen LogP) is 5.30. The van der Waals surface area contributed by atoms with E-state index in [0.29, 0.717) is 43.0 Å². The maximum Gasteiger partial charge on any atom is 0.433 e. The van der Waals surface area contributed by atoms with Crippen molar-refractivity contribution in [2.45, 2.75) is 44.4 Å². The van der Waals surface area contributed by atoms with Gasteiger partial charge in [0.25, 0.3) is 0 Å². The van der Waals surface area contributed by atoms with Gasteiger partial charge in [0.05, 0.1) is 17.4 Å². The van der Waals surface area contributed by atoms with Crippen molar-refractivity contribution in [2.24, 2.45) is 5.92 Å². The molecule has 180 valence electrons. The number of alkyl halides is 3. The van der Waals surface area contributed by atoms with E-state index in [-0.39, 0.29) is 17.8 Å². The Balaban J connectivity index is 1.47. The third-order valence-electron chi connectivity index (χ3n) is 5.69. The summed E-state index contributed by atoms with van der Waals surface area (Å²) in [6, 6.07) is 7.86. The highest BCUT2D eigenvalue weighted by Gasteiger charge is 2.39. The van der Waals surface area contributed by atoms with Gasteiger partial charge in [0.2, 0.25) is 5.95 Å². The number of nitrogens with zero attached hydrogens (tertiary/aromatic N) is 3. The fraction of sp³-hybridized carbons (Fsp3) is 0.391. The first-order valence-electron chi connectivity index (χ1n) is 10.8. The third kappa shape index (κ3) is 5.36. The molecular formula is C23H23F3N4O3S. The standard InChI is InChI=1S/C23H23F3N4O3S/c1-2-33-19(31)14-6-9-22(32,10-7-14)20-28-13-17(34-20)15-4-3-5-16(12-15)29-21-27-11-8-18(30-21)23(24,25)26/h3-5,8,11-14,32H,2,6-7,9-10H2,1H3,(H,27,29,30)/t14-,22+.